The molecule has 17 nitrogen and oxygen atoms in total. The largest absolute Gasteiger partial charge is 0.573 e. The number of nitrogens with one attached hydrogen (secondary N) is 3. The van der Waals surface area contributed by atoms with Crippen LogP contribution in [0.1, 0.15) is 83.0 Å². The van der Waals surface area contributed by atoms with Crippen molar-refractivity contribution < 1.29 is 31.9 Å². The molecule has 2 aromatic carbocycles. The lowest BCUT2D eigenvalue weighted by Gasteiger charge is -2.36. The van der Waals surface area contributed by atoms with Crippen LogP contribution in [0.4, 0.5) is 29.2 Å². The molecular weight excluding hydrogens is 1000 g/mol. The number of hydrogen-bond acceptors (Lipinski definition) is 12. The summed E-state index contributed by atoms with van der Waals surface area (Å²) in [5.41, 5.74) is 8.24. The Bertz CT molecular complexity index is 3220. The first-order valence-electron chi connectivity index (χ1n) is 22.2. The molecule has 7 heterocycles. The maximum atomic E-state index is 15.2. The lowest BCUT2D eigenvalue weighted by atomic mass is 9.94. The Kier molecular flexibility index (Phi) is 16.6. The van der Waals surface area contributed by atoms with Gasteiger partial charge in [-0.05, 0) is 90.9 Å². The van der Waals surface area contributed by atoms with Crippen LogP contribution in [-0.4, -0.2) is 94.8 Å². The summed E-state index contributed by atoms with van der Waals surface area (Å²) in [5.74, 6) is -2.17. The topological polar surface area (TPSA) is 193 Å². The molecule has 0 bridgehead atoms. The Labute approximate surface area is 428 Å². The Balaban J connectivity index is 0.00000282. The molecule has 0 spiro atoms. The summed E-state index contributed by atoms with van der Waals surface area (Å²) in [5, 5.41) is 13.1. The molecule has 0 radical (unpaired) electrons. The van der Waals surface area contributed by atoms with Crippen molar-refractivity contribution in [2.24, 2.45) is 5.41 Å². The minimum absolute atomic E-state index is 0. The molecule has 2 aliphatic heterocycles. The molecular formula is C48H50Cl3F4N13O4. The van der Waals surface area contributed by atoms with Crippen molar-refractivity contribution in [2.75, 3.05) is 38.5 Å². The Morgan fingerprint density at radius 1 is 0.931 bits per heavy atom. The van der Waals surface area contributed by atoms with E-state index in [2.05, 4.69) is 61.5 Å². The van der Waals surface area contributed by atoms with Gasteiger partial charge in [-0.15, -0.1) is 50.4 Å². The summed E-state index contributed by atoms with van der Waals surface area (Å²) in [4.78, 5) is 65.6. The fraction of sp³-hybridized carbons (Fsp3) is 0.333. The fourth-order valence-corrected chi connectivity index (χ4v) is 9.27. The number of amides is 2. The third-order valence-electron chi connectivity index (χ3n) is 12.2. The number of hydrogen-bond donors (Lipinski definition) is 3. The van der Waals surface area contributed by atoms with E-state index in [9.17, 15) is 32.8 Å². The molecule has 72 heavy (non-hydrogen) atoms. The van der Waals surface area contributed by atoms with Gasteiger partial charge in [-0.25, -0.2) is 29.6 Å². The van der Waals surface area contributed by atoms with Gasteiger partial charge in [-0.2, -0.15) is 10.2 Å². The smallest absolute Gasteiger partial charge is 0.406 e. The number of pyridine rings is 2. The second-order valence-electron chi connectivity index (χ2n) is 18.2. The quantitative estimate of drug-likeness (QED) is 0.0836. The van der Waals surface area contributed by atoms with Crippen LogP contribution >= 0.6 is 37.2 Å². The van der Waals surface area contributed by atoms with Crippen LogP contribution in [-0.2, 0) is 19.5 Å². The number of hydrazine groups is 1. The van der Waals surface area contributed by atoms with E-state index in [-0.39, 0.29) is 113 Å². The third-order valence-corrected chi connectivity index (χ3v) is 12.2. The number of likely N-dealkylation sites (tertiary alicyclic amines) is 1. The summed E-state index contributed by atoms with van der Waals surface area (Å²) in [6, 6.07) is 17.7. The summed E-state index contributed by atoms with van der Waals surface area (Å²) >= 11 is 0. The fourth-order valence-electron chi connectivity index (χ4n) is 9.27. The SMILES string of the molecule is CNNC(=O)c1nc(Nc2ccc(OC(F)(F)F)cc2)nc2c1n(-c1ccc(C(=O)N3CCc4c(n(Cc5ccc(C#N)cc5F)c5ncccc45)C3)nc1)c(=O)n2C1CCN(CC(C)(C)C)CC1.Cl.Cl.Cl. The first-order valence-corrected chi connectivity index (χ1v) is 22.2. The predicted molar refractivity (Wildman–Crippen MR) is 268 cm³/mol. The highest BCUT2D eigenvalue weighted by atomic mass is 35.5. The van der Waals surface area contributed by atoms with Gasteiger partial charge in [0.15, 0.2) is 11.3 Å². The van der Waals surface area contributed by atoms with Crippen LogP contribution in [0.25, 0.3) is 27.9 Å². The third kappa shape index (κ3) is 11.3. The Morgan fingerprint density at radius 2 is 1.67 bits per heavy atom. The van der Waals surface area contributed by atoms with Gasteiger partial charge in [0, 0.05) is 67.8 Å². The second kappa shape index (κ2) is 21.9. The molecule has 7 aromatic rings. The molecule has 2 aliphatic rings. The van der Waals surface area contributed by atoms with Gasteiger partial charge in [0.05, 0.1) is 36.6 Å². The lowest BCUT2D eigenvalue weighted by molar-refractivity contribution is -0.274. The number of nitrogens with zero attached hydrogens (tertiary/aromatic N) is 10. The number of carbonyl (C=O) groups excluding carboxylic acids is 2. The molecule has 0 atom stereocenters. The standard InChI is InChI=1S/C48H47F4N13O4.3ClH/c1-47(2,3)27-61-19-15-31(16-20-61)65-42-40(39(43(66)60-54-4)58-45(59-42)57-30-9-12-33(13-10-30)69-48(50,51)52)64(46(65)68)32-11-14-37(56-24-32)44(67)62-21-17-34-35-6-5-18-55-41(35)63(38(34)26-62)25-29-8-7-28(23-53)22-36(29)49;;;/h5-14,18,22,24,31,54H,15-17,19-21,25-27H2,1-4H3,(H,60,66)(H,57,58,59);3*1H. The van der Waals surface area contributed by atoms with Crippen LogP contribution in [0, 0.1) is 22.6 Å². The number of nitriles is 1. The van der Waals surface area contributed by atoms with E-state index in [0.717, 1.165) is 35.3 Å². The number of carbonyl (C=O) groups is 2. The second-order valence-corrected chi connectivity index (χ2v) is 18.2. The van der Waals surface area contributed by atoms with Crippen LogP contribution < -0.4 is 26.6 Å². The molecule has 0 unspecified atom stereocenters. The zero-order valence-corrected chi connectivity index (χ0v) is 41.7. The van der Waals surface area contributed by atoms with Gasteiger partial charge in [0.2, 0.25) is 5.95 Å². The summed E-state index contributed by atoms with van der Waals surface area (Å²) in [7, 11) is 1.48. The molecule has 1 fully saturated rings. The number of benzene rings is 2. The van der Waals surface area contributed by atoms with Crippen molar-refractivity contribution in [3.8, 4) is 17.5 Å². The van der Waals surface area contributed by atoms with Gasteiger partial charge in [-0.3, -0.25) is 24.1 Å². The van der Waals surface area contributed by atoms with E-state index < -0.39 is 29.5 Å². The predicted octanol–water partition coefficient (Wildman–Crippen LogP) is 8.04. The highest BCUT2D eigenvalue weighted by molar-refractivity contribution is 6.03. The van der Waals surface area contributed by atoms with Crippen molar-refractivity contribution >= 4 is 82.9 Å². The van der Waals surface area contributed by atoms with Gasteiger partial charge in [0.1, 0.15) is 28.4 Å². The molecule has 1 saturated heterocycles. The number of anilines is 2. The number of piperidine rings is 1. The summed E-state index contributed by atoms with van der Waals surface area (Å²) in [6.45, 7) is 9.37. The molecule has 9 rings (SSSR count). The van der Waals surface area contributed by atoms with E-state index >= 15 is 4.39 Å². The monoisotopic (exact) mass is 1050 g/mol. The number of alkyl halides is 3. The minimum Gasteiger partial charge on any atom is -0.406 e. The molecule has 0 aliphatic carbocycles. The number of imidazole rings is 1. The molecule has 24 heteroatoms. The van der Waals surface area contributed by atoms with Gasteiger partial charge >= 0.3 is 12.1 Å². The molecule has 380 valence electrons. The lowest BCUT2D eigenvalue weighted by Crippen LogP contribution is -2.41. The minimum atomic E-state index is -4.89. The van der Waals surface area contributed by atoms with Gasteiger partial charge < -0.3 is 24.4 Å². The maximum absolute atomic E-state index is 15.2. The molecule has 0 saturated carbocycles. The highest BCUT2D eigenvalue weighted by Crippen LogP contribution is 2.34. The van der Waals surface area contributed by atoms with Crippen LogP contribution in [0.5, 0.6) is 5.75 Å². The van der Waals surface area contributed by atoms with Crippen molar-refractivity contribution in [3.05, 3.63) is 129 Å². The van der Waals surface area contributed by atoms with Crippen molar-refractivity contribution in [3.63, 3.8) is 0 Å². The molecule has 2 amide bonds. The zero-order valence-electron chi connectivity index (χ0n) is 39.3. The number of rotatable bonds is 11. The Hall–Kier alpha value is -6.83. The average Bonchev–Trinajstić information content (AvgIpc) is 3.79. The maximum Gasteiger partial charge on any atom is 0.573 e. The van der Waals surface area contributed by atoms with Gasteiger partial charge in [-0.1, -0.05) is 26.8 Å². The van der Waals surface area contributed by atoms with E-state index in [4.69, 9.17) is 4.98 Å². The first-order chi connectivity index (χ1) is 33.0. The number of fused-ring (bicyclic) bond motifs is 4. The zero-order chi connectivity index (χ0) is 48.8. The first kappa shape index (κ1) is 54.5. The Morgan fingerprint density at radius 3 is 2.31 bits per heavy atom. The molecule has 5 aromatic heterocycles. The number of ether oxygens (including phenoxy) is 1. The van der Waals surface area contributed by atoms with Gasteiger partial charge in [0.25, 0.3) is 11.8 Å². The van der Waals surface area contributed by atoms with Crippen molar-refractivity contribution in [1.29, 1.82) is 5.26 Å². The number of halogens is 7. The van der Waals surface area contributed by atoms with Crippen molar-refractivity contribution in [1.82, 2.24) is 54.3 Å². The number of aromatic nitrogens is 7. The van der Waals surface area contributed by atoms with E-state index in [0.29, 0.717) is 50.1 Å². The van der Waals surface area contributed by atoms with E-state index in [1.165, 1.54) is 42.1 Å². The van der Waals surface area contributed by atoms with E-state index in [1.54, 1.807) is 33.9 Å². The van der Waals surface area contributed by atoms with Crippen molar-refractivity contribution in [2.45, 2.75) is 65.5 Å². The summed E-state index contributed by atoms with van der Waals surface area (Å²) < 4.78 is 62.7. The summed E-state index contributed by atoms with van der Waals surface area (Å²) in [6.07, 6.45) is -0.177. The van der Waals surface area contributed by atoms with Crippen LogP contribution in [0.2, 0.25) is 0 Å². The average molecular weight is 1060 g/mol. The molecule has 3 N–H and O–H groups in total. The van der Waals surface area contributed by atoms with E-state index in [1.807, 2.05) is 22.8 Å². The van der Waals surface area contributed by atoms with Crippen LogP contribution in [0.3, 0.4) is 0 Å². The highest BCUT2D eigenvalue weighted by Gasteiger charge is 2.34. The van der Waals surface area contributed by atoms with Crippen LogP contribution in [0.15, 0.2) is 83.9 Å². The normalized spacial score (nSPS) is 14.1.